The molecule has 0 bridgehead atoms. The topological polar surface area (TPSA) is 87.8 Å². The molecule has 2 amide bonds. The highest BCUT2D eigenvalue weighted by molar-refractivity contribution is 6.09. The first-order chi connectivity index (χ1) is 13.5. The molecular weight excluding hydrogens is 352 g/mol. The van der Waals surface area contributed by atoms with Gasteiger partial charge in [-0.2, -0.15) is 0 Å². The van der Waals surface area contributed by atoms with Crippen LogP contribution >= 0.6 is 0 Å². The van der Waals surface area contributed by atoms with E-state index in [1.807, 2.05) is 4.90 Å². The fourth-order valence-corrected chi connectivity index (χ4v) is 4.86. The molecule has 2 aliphatic carbocycles. The molecule has 1 saturated heterocycles. The van der Waals surface area contributed by atoms with Crippen molar-refractivity contribution in [3.05, 3.63) is 11.3 Å². The lowest BCUT2D eigenvalue weighted by Crippen LogP contribution is -2.47. The average molecular weight is 389 g/mol. The quantitative estimate of drug-likeness (QED) is 0.710. The Hall–Kier alpha value is -1.85. The van der Waals surface area contributed by atoms with E-state index in [1.165, 1.54) is 45.4 Å². The van der Waals surface area contributed by atoms with E-state index < -0.39 is 0 Å². The summed E-state index contributed by atoms with van der Waals surface area (Å²) in [6.45, 7) is 3.69. The van der Waals surface area contributed by atoms with Gasteiger partial charge in [-0.25, -0.2) is 0 Å². The summed E-state index contributed by atoms with van der Waals surface area (Å²) in [4.78, 5) is 30.8. The number of aliphatic imine (C=N–C) groups is 1. The van der Waals surface area contributed by atoms with Gasteiger partial charge in [0.05, 0.1) is 0 Å². The maximum Gasteiger partial charge on any atom is 0.270 e. The van der Waals surface area contributed by atoms with Crippen LogP contribution in [0.4, 0.5) is 0 Å². The van der Waals surface area contributed by atoms with Gasteiger partial charge < -0.3 is 16.0 Å². The second-order valence-electron chi connectivity index (χ2n) is 8.63. The van der Waals surface area contributed by atoms with E-state index in [0.29, 0.717) is 18.8 Å². The van der Waals surface area contributed by atoms with E-state index in [1.54, 1.807) is 0 Å². The average Bonchev–Trinajstić information content (AvgIpc) is 3.16. The van der Waals surface area contributed by atoms with Gasteiger partial charge in [-0.1, -0.05) is 32.1 Å². The summed E-state index contributed by atoms with van der Waals surface area (Å²) < 4.78 is 0. The number of amides is 2. The van der Waals surface area contributed by atoms with Gasteiger partial charge in [0.15, 0.2) is 0 Å². The standard InChI is InChI=1S/C22H36N4O2/c1-16(27)25-18-11-14-26(15-12-18)22(28)21(23)19-8-5-9-20(19)24-13-10-17-6-3-2-4-7-17/h17-18H,2-15,23H2,1H3,(H,25,27). The summed E-state index contributed by atoms with van der Waals surface area (Å²) >= 11 is 0. The zero-order chi connectivity index (χ0) is 19.9. The zero-order valence-corrected chi connectivity index (χ0v) is 17.3. The molecule has 6 nitrogen and oxygen atoms in total. The highest BCUT2D eigenvalue weighted by Gasteiger charge is 2.28. The maximum absolute atomic E-state index is 12.9. The number of nitrogens with one attached hydrogen (secondary N) is 1. The van der Waals surface area contributed by atoms with Crippen LogP contribution in [0.15, 0.2) is 16.3 Å². The van der Waals surface area contributed by atoms with Crippen LogP contribution in [0.3, 0.4) is 0 Å². The largest absolute Gasteiger partial charge is 0.394 e. The van der Waals surface area contributed by atoms with Crippen LogP contribution in [0.1, 0.15) is 77.6 Å². The van der Waals surface area contributed by atoms with Crippen molar-refractivity contribution in [1.82, 2.24) is 10.2 Å². The van der Waals surface area contributed by atoms with Gasteiger partial charge in [0.2, 0.25) is 5.91 Å². The summed E-state index contributed by atoms with van der Waals surface area (Å²) in [5.41, 5.74) is 8.76. The van der Waals surface area contributed by atoms with Crippen molar-refractivity contribution in [2.75, 3.05) is 19.6 Å². The van der Waals surface area contributed by atoms with Gasteiger partial charge in [0.25, 0.3) is 5.91 Å². The smallest absolute Gasteiger partial charge is 0.270 e. The molecule has 28 heavy (non-hydrogen) atoms. The second kappa shape index (κ2) is 10.1. The third-order valence-corrected chi connectivity index (χ3v) is 6.50. The van der Waals surface area contributed by atoms with Gasteiger partial charge in [0.1, 0.15) is 5.70 Å². The molecule has 0 aromatic carbocycles. The van der Waals surface area contributed by atoms with Gasteiger partial charge in [-0.05, 0) is 44.4 Å². The van der Waals surface area contributed by atoms with Crippen LogP contribution in [-0.4, -0.2) is 48.1 Å². The molecule has 3 N–H and O–H groups in total. The van der Waals surface area contributed by atoms with E-state index in [2.05, 4.69) is 5.32 Å². The van der Waals surface area contributed by atoms with Crippen LogP contribution in [0, 0.1) is 5.92 Å². The van der Waals surface area contributed by atoms with Crippen LogP contribution in [-0.2, 0) is 9.59 Å². The van der Waals surface area contributed by atoms with Gasteiger partial charge in [0, 0.05) is 43.9 Å². The normalized spacial score (nSPS) is 25.2. The first-order valence-electron chi connectivity index (χ1n) is 11.1. The lowest BCUT2D eigenvalue weighted by atomic mass is 9.87. The minimum atomic E-state index is -0.0573. The molecule has 1 heterocycles. The van der Waals surface area contributed by atoms with Crippen molar-refractivity contribution < 1.29 is 9.59 Å². The fourth-order valence-electron chi connectivity index (χ4n) is 4.86. The summed E-state index contributed by atoms with van der Waals surface area (Å²) in [6.07, 6.45) is 12.4. The number of hydrogen-bond donors (Lipinski definition) is 2. The Labute approximate surface area is 169 Å². The van der Waals surface area contributed by atoms with Crippen molar-refractivity contribution >= 4 is 17.5 Å². The number of carbonyl (C=O) groups is 2. The number of rotatable bonds is 5. The Morgan fingerprint density at radius 1 is 1.07 bits per heavy atom. The molecular formula is C22H36N4O2. The molecule has 156 valence electrons. The molecule has 3 aliphatic rings. The van der Waals surface area contributed by atoms with Gasteiger partial charge in [-0.3, -0.25) is 14.6 Å². The van der Waals surface area contributed by atoms with Crippen molar-refractivity contribution in [2.24, 2.45) is 16.6 Å². The monoisotopic (exact) mass is 388 g/mol. The molecule has 0 aromatic heterocycles. The molecule has 3 fully saturated rings. The Balaban J connectivity index is 1.55. The van der Waals surface area contributed by atoms with Crippen LogP contribution in [0.25, 0.3) is 0 Å². The molecule has 0 spiro atoms. The van der Waals surface area contributed by atoms with Crippen LogP contribution < -0.4 is 11.1 Å². The first kappa shape index (κ1) is 20.9. The highest BCUT2D eigenvalue weighted by Crippen LogP contribution is 2.28. The number of hydrogen-bond acceptors (Lipinski definition) is 4. The maximum atomic E-state index is 12.9. The molecule has 6 heteroatoms. The van der Waals surface area contributed by atoms with E-state index in [4.69, 9.17) is 10.7 Å². The predicted octanol–water partition coefficient (Wildman–Crippen LogP) is 2.92. The summed E-state index contributed by atoms with van der Waals surface area (Å²) in [7, 11) is 0. The van der Waals surface area contributed by atoms with Crippen molar-refractivity contribution in [2.45, 2.75) is 83.6 Å². The Kier molecular flexibility index (Phi) is 7.51. The number of carbonyl (C=O) groups excluding carboxylic acids is 2. The zero-order valence-electron chi connectivity index (χ0n) is 17.3. The summed E-state index contributed by atoms with van der Waals surface area (Å²) in [5, 5.41) is 2.94. The number of allylic oxidation sites excluding steroid dienone is 1. The van der Waals surface area contributed by atoms with Crippen molar-refractivity contribution in [3.8, 4) is 0 Å². The number of nitrogens with two attached hydrogens (primary N) is 1. The SMILES string of the molecule is CC(=O)NC1CCN(C(=O)C(N)=C2CCCC2=NCCC2CCCCC2)CC1. The minimum absolute atomic E-state index is 0.00792. The Morgan fingerprint density at radius 3 is 2.46 bits per heavy atom. The minimum Gasteiger partial charge on any atom is -0.394 e. The lowest BCUT2D eigenvalue weighted by molar-refractivity contribution is -0.128. The Morgan fingerprint density at radius 2 is 1.79 bits per heavy atom. The predicted molar refractivity (Wildman–Crippen MR) is 112 cm³/mol. The summed E-state index contributed by atoms with van der Waals surface area (Å²) in [6, 6.07) is 0.166. The molecule has 0 aromatic rings. The van der Waals surface area contributed by atoms with E-state index in [-0.39, 0.29) is 17.9 Å². The molecule has 1 aliphatic heterocycles. The van der Waals surface area contributed by atoms with Crippen molar-refractivity contribution in [3.63, 3.8) is 0 Å². The van der Waals surface area contributed by atoms with Gasteiger partial charge >= 0.3 is 0 Å². The number of likely N-dealkylation sites (tertiary alicyclic amines) is 1. The Bertz CT molecular complexity index is 626. The first-order valence-corrected chi connectivity index (χ1v) is 11.1. The molecule has 2 saturated carbocycles. The van der Waals surface area contributed by atoms with Gasteiger partial charge in [-0.15, -0.1) is 0 Å². The number of piperidine rings is 1. The third-order valence-electron chi connectivity index (χ3n) is 6.50. The molecule has 0 atom stereocenters. The van der Waals surface area contributed by atoms with Crippen LogP contribution in [0.2, 0.25) is 0 Å². The third kappa shape index (κ3) is 5.58. The molecule has 0 radical (unpaired) electrons. The second-order valence-corrected chi connectivity index (χ2v) is 8.63. The molecule has 0 unspecified atom stereocenters. The van der Waals surface area contributed by atoms with E-state index in [9.17, 15) is 9.59 Å². The number of nitrogens with zero attached hydrogens (tertiary/aromatic N) is 2. The summed E-state index contributed by atoms with van der Waals surface area (Å²) in [5.74, 6) is 0.764. The van der Waals surface area contributed by atoms with Crippen LogP contribution in [0.5, 0.6) is 0 Å². The highest BCUT2D eigenvalue weighted by atomic mass is 16.2. The lowest BCUT2D eigenvalue weighted by Gasteiger charge is -2.32. The van der Waals surface area contributed by atoms with E-state index >= 15 is 0 Å². The fraction of sp³-hybridized carbons (Fsp3) is 0.773. The molecule has 3 rings (SSSR count). The van der Waals surface area contributed by atoms with Crippen molar-refractivity contribution in [1.29, 1.82) is 0 Å². The van der Waals surface area contributed by atoms with E-state index in [0.717, 1.165) is 55.9 Å².